The molecule has 7 heteroatoms. The van der Waals surface area contributed by atoms with Crippen LogP contribution in [-0.2, 0) is 11.3 Å². The quantitative estimate of drug-likeness (QED) is 0.519. The second-order valence-electron chi connectivity index (χ2n) is 7.98. The van der Waals surface area contributed by atoms with E-state index in [4.69, 9.17) is 9.47 Å². The molecule has 160 valence electrons. The number of carbonyl (C=O) groups is 1. The molecule has 1 saturated carbocycles. The maximum absolute atomic E-state index is 12.7. The first-order valence-electron chi connectivity index (χ1n) is 10.3. The molecule has 2 aromatic carbocycles. The Kier molecular flexibility index (Phi) is 5.81. The highest BCUT2D eigenvalue weighted by atomic mass is 19.1. The first-order chi connectivity index (χ1) is 15.0. The Balaban J connectivity index is 1.75. The smallest absolute Gasteiger partial charge is 0.411 e. The lowest BCUT2D eigenvalue weighted by atomic mass is 10.1. The fraction of sp³-hybridized carbons (Fsp3) is 0.333. The summed E-state index contributed by atoms with van der Waals surface area (Å²) in [4.78, 5) is 11.8. The van der Waals surface area contributed by atoms with Gasteiger partial charge in [0.25, 0.3) is 0 Å². The number of aromatic nitrogens is 1. The topological polar surface area (TPSA) is 76.3 Å². The highest BCUT2D eigenvalue weighted by Gasteiger charge is 2.26. The summed E-state index contributed by atoms with van der Waals surface area (Å²) in [7, 11) is 0. The van der Waals surface area contributed by atoms with Crippen LogP contribution in [0.1, 0.15) is 32.3 Å². The molecule has 0 atom stereocenters. The van der Waals surface area contributed by atoms with Gasteiger partial charge in [0.05, 0.1) is 22.9 Å². The number of nitrogens with one attached hydrogen (secondary N) is 1. The van der Waals surface area contributed by atoms with Gasteiger partial charge in [-0.1, -0.05) is 12.1 Å². The number of carbonyl (C=O) groups excluding carboxylic acids is 1. The fourth-order valence-electron chi connectivity index (χ4n) is 3.72. The lowest BCUT2D eigenvalue weighted by molar-refractivity contribution is 0.130. The van der Waals surface area contributed by atoms with Gasteiger partial charge < -0.3 is 14.0 Å². The number of ether oxygens (including phenoxy) is 2. The van der Waals surface area contributed by atoms with Crippen molar-refractivity contribution >= 4 is 22.7 Å². The van der Waals surface area contributed by atoms with Gasteiger partial charge in [-0.2, -0.15) is 5.26 Å². The van der Waals surface area contributed by atoms with Crippen LogP contribution < -0.4 is 10.1 Å². The number of amides is 1. The minimum atomic E-state index is -0.902. The van der Waals surface area contributed by atoms with Crippen LogP contribution in [-0.4, -0.2) is 23.6 Å². The Hall–Kier alpha value is -3.53. The van der Waals surface area contributed by atoms with E-state index in [9.17, 15) is 14.4 Å². The van der Waals surface area contributed by atoms with Crippen molar-refractivity contribution in [3.05, 3.63) is 48.0 Å². The van der Waals surface area contributed by atoms with Gasteiger partial charge in [0.15, 0.2) is 0 Å². The Morgan fingerprint density at radius 1 is 1.26 bits per heavy atom. The van der Waals surface area contributed by atoms with Crippen molar-refractivity contribution in [1.29, 1.82) is 5.26 Å². The van der Waals surface area contributed by atoms with Crippen LogP contribution in [0.5, 0.6) is 5.75 Å². The van der Waals surface area contributed by atoms with E-state index in [-0.39, 0.29) is 6.10 Å². The van der Waals surface area contributed by atoms with Crippen molar-refractivity contribution in [2.75, 3.05) is 12.2 Å². The molecule has 0 bridgehead atoms. The number of nitrogens with zero attached hydrogens (tertiary/aromatic N) is 2. The van der Waals surface area contributed by atoms with Crippen LogP contribution in [0.4, 0.5) is 14.9 Å². The third-order valence-electron chi connectivity index (χ3n) is 5.25. The van der Waals surface area contributed by atoms with Gasteiger partial charge in [-0.25, -0.2) is 9.18 Å². The average molecular weight is 421 g/mol. The van der Waals surface area contributed by atoms with Crippen LogP contribution in [0.15, 0.2) is 42.5 Å². The van der Waals surface area contributed by atoms with E-state index in [0.717, 1.165) is 41.5 Å². The van der Waals surface area contributed by atoms with Crippen LogP contribution in [0.25, 0.3) is 22.2 Å². The lowest BCUT2D eigenvalue weighted by Crippen LogP contribution is -2.17. The van der Waals surface area contributed by atoms with Crippen LogP contribution in [0, 0.1) is 17.2 Å². The van der Waals surface area contributed by atoms with Gasteiger partial charge in [0, 0.05) is 23.7 Å². The number of hydrogen-bond donors (Lipinski definition) is 1. The molecule has 0 radical (unpaired) electrons. The first-order valence-corrected chi connectivity index (χ1v) is 10.3. The predicted molar refractivity (Wildman–Crippen MR) is 117 cm³/mol. The zero-order chi connectivity index (χ0) is 22.0. The zero-order valence-corrected chi connectivity index (χ0v) is 17.5. The molecule has 6 nitrogen and oxygen atoms in total. The number of benzene rings is 2. The third-order valence-corrected chi connectivity index (χ3v) is 5.25. The number of halogens is 1. The van der Waals surface area contributed by atoms with Crippen molar-refractivity contribution in [2.45, 2.75) is 39.3 Å². The first kappa shape index (κ1) is 20.7. The van der Waals surface area contributed by atoms with Gasteiger partial charge in [-0.05, 0) is 62.4 Å². The fourth-order valence-corrected chi connectivity index (χ4v) is 3.72. The molecule has 0 aliphatic heterocycles. The van der Waals surface area contributed by atoms with Crippen LogP contribution >= 0.6 is 0 Å². The van der Waals surface area contributed by atoms with Crippen molar-refractivity contribution in [3.8, 4) is 23.1 Å². The molecule has 0 spiro atoms. The lowest BCUT2D eigenvalue weighted by Gasteiger charge is -2.13. The monoisotopic (exact) mass is 421 g/mol. The van der Waals surface area contributed by atoms with E-state index in [1.807, 2.05) is 18.2 Å². The van der Waals surface area contributed by atoms with Crippen LogP contribution in [0.3, 0.4) is 0 Å². The Bertz CT molecular complexity index is 1140. The number of anilines is 1. The highest BCUT2D eigenvalue weighted by molar-refractivity contribution is 5.95. The molecule has 0 saturated heterocycles. The number of hydrogen-bond acceptors (Lipinski definition) is 4. The number of fused-ring (bicyclic) bond motifs is 1. The second kappa shape index (κ2) is 8.68. The SMILES string of the molecule is CC(C)OC(=O)Nc1ccc(-c2c(C#N)c3ccc(OCF)cc3n2CC2CC2)cc1. The summed E-state index contributed by atoms with van der Waals surface area (Å²) in [6.07, 6.45) is 1.59. The van der Waals surface area contributed by atoms with E-state index in [0.29, 0.717) is 22.9 Å². The summed E-state index contributed by atoms with van der Waals surface area (Å²) in [5, 5.41) is 13.5. The van der Waals surface area contributed by atoms with E-state index in [1.54, 1.807) is 38.1 Å². The Labute approximate surface area is 180 Å². The molecule has 1 aliphatic rings. The minimum Gasteiger partial charge on any atom is -0.463 e. The molecule has 3 aromatic rings. The molecule has 1 N–H and O–H groups in total. The number of rotatable bonds is 7. The van der Waals surface area contributed by atoms with Gasteiger partial charge >= 0.3 is 6.09 Å². The molecule has 31 heavy (non-hydrogen) atoms. The van der Waals surface area contributed by atoms with Crippen molar-refractivity contribution in [2.24, 2.45) is 5.92 Å². The average Bonchev–Trinajstić information content (AvgIpc) is 3.50. The molecule has 0 unspecified atom stereocenters. The predicted octanol–water partition coefficient (Wildman–Crippen LogP) is 5.85. The van der Waals surface area contributed by atoms with E-state index >= 15 is 0 Å². The summed E-state index contributed by atoms with van der Waals surface area (Å²) in [6.45, 7) is 3.46. The third kappa shape index (κ3) is 4.48. The molecular weight excluding hydrogens is 397 g/mol. The zero-order valence-electron chi connectivity index (χ0n) is 17.5. The molecule has 1 heterocycles. The van der Waals surface area contributed by atoms with Crippen molar-refractivity contribution in [1.82, 2.24) is 4.57 Å². The standard InChI is InChI=1S/C24H24FN3O3/c1-15(2)31-24(29)27-18-7-5-17(6-8-18)23-21(12-26)20-10-9-19(30-14-25)11-22(20)28(23)13-16-3-4-16/h5-11,15-16H,3-4,13-14H2,1-2H3,(H,27,29). The van der Waals surface area contributed by atoms with E-state index in [1.165, 1.54) is 0 Å². The normalized spacial score (nSPS) is 13.3. The molecule has 1 amide bonds. The molecule has 1 aliphatic carbocycles. The van der Waals surface area contributed by atoms with Crippen molar-refractivity contribution in [3.63, 3.8) is 0 Å². The largest absolute Gasteiger partial charge is 0.463 e. The molecular formula is C24H24FN3O3. The highest BCUT2D eigenvalue weighted by Crippen LogP contribution is 2.39. The summed E-state index contributed by atoms with van der Waals surface area (Å²) < 4.78 is 25.0. The van der Waals surface area contributed by atoms with Crippen molar-refractivity contribution < 1.29 is 18.7 Å². The summed E-state index contributed by atoms with van der Waals surface area (Å²) in [6, 6.07) is 15.0. The molecule has 1 aromatic heterocycles. The summed E-state index contributed by atoms with van der Waals surface area (Å²) >= 11 is 0. The van der Waals surface area contributed by atoms with E-state index < -0.39 is 13.0 Å². The Morgan fingerprint density at radius 2 is 2.00 bits per heavy atom. The van der Waals surface area contributed by atoms with Gasteiger partial charge in [-0.15, -0.1) is 0 Å². The van der Waals surface area contributed by atoms with Gasteiger partial charge in [0.2, 0.25) is 6.86 Å². The summed E-state index contributed by atoms with van der Waals surface area (Å²) in [5.74, 6) is 1.00. The maximum Gasteiger partial charge on any atom is 0.411 e. The second-order valence-corrected chi connectivity index (χ2v) is 7.98. The van der Waals surface area contributed by atoms with Gasteiger partial charge in [-0.3, -0.25) is 5.32 Å². The van der Waals surface area contributed by atoms with Crippen LogP contribution in [0.2, 0.25) is 0 Å². The maximum atomic E-state index is 12.7. The van der Waals surface area contributed by atoms with Gasteiger partial charge in [0.1, 0.15) is 11.8 Å². The molecule has 1 fully saturated rings. The van der Waals surface area contributed by atoms with E-state index in [2.05, 4.69) is 16.0 Å². The Morgan fingerprint density at radius 3 is 2.61 bits per heavy atom. The summed E-state index contributed by atoms with van der Waals surface area (Å²) in [5.41, 5.74) is 3.72. The number of nitriles is 1. The molecule has 4 rings (SSSR count). The number of alkyl halides is 1. The minimum absolute atomic E-state index is 0.207.